The molecule has 0 radical (unpaired) electrons. The molecule has 3 nitrogen and oxygen atoms in total. The predicted octanol–water partition coefficient (Wildman–Crippen LogP) is 3.31. The van der Waals surface area contributed by atoms with Crippen molar-refractivity contribution < 1.29 is 4.79 Å². The third-order valence-electron chi connectivity index (χ3n) is 3.99. The molecule has 20 heavy (non-hydrogen) atoms. The highest BCUT2D eigenvalue weighted by Gasteiger charge is 2.24. The van der Waals surface area contributed by atoms with Crippen LogP contribution in [0.3, 0.4) is 0 Å². The fourth-order valence-corrected chi connectivity index (χ4v) is 2.74. The van der Waals surface area contributed by atoms with Crippen LogP contribution in [0.25, 0.3) is 0 Å². The number of piperidine rings is 1. The molecular weight excluding hydrogens is 272 g/mol. The molecule has 0 bridgehead atoms. The van der Waals surface area contributed by atoms with Gasteiger partial charge in [0.15, 0.2) is 0 Å². The van der Waals surface area contributed by atoms with Gasteiger partial charge in [-0.1, -0.05) is 13.0 Å². The molecular formula is C16H25ClN2O. The lowest BCUT2D eigenvalue weighted by Gasteiger charge is -2.27. The monoisotopic (exact) mass is 296 g/mol. The molecule has 0 spiro atoms. The van der Waals surface area contributed by atoms with Gasteiger partial charge in [0.25, 0.3) is 0 Å². The van der Waals surface area contributed by atoms with E-state index in [1.54, 1.807) is 0 Å². The molecule has 0 aromatic heterocycles. The van der Waals surface area contributed by atoms with Crippen molar-refractivity contribution in [2.45, 2.75) is 46.1 Å². The Labute approximate surface area is 127 Å². The third-order valence-corrected chi connectivity index (χ3v) is 3.99. The Hall–Kier alpha value is -1.06. The van der Waals surface area contributed by atoms with Crippen LogP contribution in [0.15, 0.2) is 18.2 Å². The molecule has 2 N–H and O–H groups in total. The van der Waals surface area contributed by atoms with Gasteiger partial charge in [0.1, 0.15) is 0 Å². The standard InChI is InChI=1S/C16H24N2O.ClH/c1-4-13-10-15(6-5-11(13)2)18-16(19)14-7-8-17-12(3)9-14;/h5-6,10,12,14,17H,4,7-9H2,1-3H3,(H,18,19);1H/t12-,14-;/m0./s1. The van der Waals surface area contributed by atoms with E-state index in [-0.39, 0.29) is 24.2 Å². The van der Waals surface area contributed by atoms with Crippen LogP contribution in [0, 0.1) is 12.8 Å². The van der Waals surface area contributed by atoms with E-state index in [9.17, 15) is 4.79 Å². The molecule has 2 atom stereocenters. The van der Waals surface area contributed by atoms with Crippen molar-refractivity contribution in [3.63, 3.8) is 0 Å². The van der Waals surface area contributed by atoms with Crippen molar-refractivity contribution in [3.8, 4) is 0 Å². The summed E-state index contributed by atoms with van der Waals surface area (Å²) in [6, 6.07) is 6.61. The van der Waals surface area contributed by atoms with Crippen LogP contribution in [0.2, 0.25) is 0 Å². The molecule has 1 heterocycles. The predicted molar refractivity (Wildman–Crippen MR) is 86.6 cm³/mol. The topological polar surface area (TPSA) is 41.1 Å². The second-order valence-electron chi connectivity index (χ2n) is 5.56. The van der Waals surface area contributed by atoms with E-state index >= 15 is 0 Å². The van der Waals surface area contributed by atoms with E-state index in [0.717, 1.165) is 31.5 Å². The molecule has 1 aliphatic rings. The third kappa shape index (κ3) is 4.22. The fraction of sp³-hybridized carbons (Fsp3) is 0.562. The summed E-state index contributed by atoms with van der Waals surface area (Å²) in [5.74, 6) is 0.307. The molecule has 1 aliphatic heterocycles. The van der Waals surface area contributed by atoms with Crippen LogP contribution >= 0.6 is 12.4 Å². The van der Waals surface area contributed by atoms with Crippen LogP contribution in [0.5, 0.6) is 0 Å². The Morgan fingerprint density at radius 3 is 2.85 bits per heavy atom. The minimum absolute atomic E-state index is 0. The van der Waals surface area contributed by atoms with E-state index < -0.39 is 0 Å². The summed E-state index contributed by atoms with van der Waals surface area (Å²) in [5, 5.41) is 6.44. The van der Waals surface area contributed by atoms with Gasteiger partial charge in [0.05, 0.1) is 0 Å². The molecule has 1 fully saturated rings. The largest absolute Gasteiger partial charge is 0.326 e. The van der Waals surface area contributed by atoms with Crippen molar-refractivity contribution in [3.05, 3.63) is 29.3 Å². The molecule has 1 aromatic rings. The summed E-state index contributed by atoms with van der Waals surface area (Å²) in [7, 11) is 0. The zero-order valence-electron chi connectivity index (χ0n) is 12.5. The Morgan fingerprint density at radius 2 is 2.20 bits per heavy atom. The lowest BCUT2D eigenvalue weighted by atomic mass is 9.92. The van der Waals surface area contributed by atoms with E-state index in [4.69, 9.17) is 0 Å². The van der Waals surface area contributed by atoms with Gasteiger partial charge in [-0.15, -0.1) is 12.4 Å². The molecule has 2 rings (SSSR count). The van der Waals surface area contributed by atoms with Crippen LogP contribution in [-0.2, 0) is 11.2 Å². The van der Waals surface area contributed by atoms with Crippen molar-refractivity contribution in [1.82, 2.24) is 5.32 Å². The Bertz CT molecular complexity index is 462. The normalized spacial score (nSPS) is 21.9. The summed E-state index contributed by atoms with van der Waals surface area (Å²) in [5.41, 5.74) is 3.52. The first kappa shape index (κ1) is 17.0. The highest BCUT2D eigenvalue weighted by Crippen LogP contribution is 2.20. The summed E-state index contributed by atoms with van der Waals surface area (Å²) >= 11 is 0. The number of amides is 1. The molecule has 1 saturated heterocycles. The van der Waals surface area contributed by atoms with Crippen molar-refractivity contribution in [1.29, 1.82) is 0 Å². The van der Waals surface area contributed by atoms with E-state index in [1.807, 2.05) is 6.07 Å². The number of hydrogen-bond acceptors (Lipinski definition) is 2. The molecule has 0 aliphatic carbocycles. The minimum atomic E-state index is 0. The first-order chi connectivity index (χ1) is 9.10. The Kier molecular flexibility index (Phi) is 6.50. The van der Waals surface area contributed by atoms with Crippen LogP contribution in [-0.4, -0.2) is 18.5 Å². The van der Waals surface area contributed by atoms with Gasteiger partial charge in [-0.25, -0.2) is 0 Å². The maximum atomic E-state index is 12.3. The zero-order chi connectivity index (χ0) is 13.8. The highest BCUT2D eigenvalue weighted by molar-refractivity contribution is 5.92. The number of benzene rings is 1. The van der Waals surface area contributed by atoms with Crippen molar-refractivity contribution in [2.75, 3.05) is 11.9 Å². The maximum absolute atomic E-state index is 12.3. The second-order valence-corrected chi connectivity index (χ2v) is 5.56. The van der Waals surface area contributed by atoms with Crippen LogP contribution in [0.4, 0.5) is 5.69 Å². The maximum Gasteiger partial charge on any atom is 0.227 e. The van der Waals surface area contributed by atoms with Gasteiger partial charge in [0.2, 0.25) is 5.91 Å². The second kappa shape index (κ2) is 7.65. The van der Waals surface area contributed by atoms with E-state index in [0.29, 0.717) is 6.04 Å². The SMILES string of the molecule is CCc1cc(NC(=O)[C@H]2CCN[C@@H](C)C2)ccc1C.Cl. The number of carbonyl (C=O) groups excluding carboxylic acids is 1. The first-order valence-electron chi connectivity index (χ1n) is 7.24. The number of hydrogen-bond donors (Lipinski definition) is 2. The lowest BCUT2D eigenvalue weighted by molar-refractivity contribution is -0.120. The van der Waals surface area contributed by atoms with Gasteiger partial charge in [-0.05, 0) is 62.9 Å². The molecule has 1 amide bonds. The number of rotatable bonds is 3. The molecule has 112 valence electrons. The van der Waals surface area contributed by atoms with Crippen molar-refractivity contribution >= 4 is 24.0 Å². The Balaban J connectivity index is 0.00000200. The van der Waals surface area contributed by atoms with Crippen LogP contribution < -0.4 is 10.6 Å². The lowest BCUT2D eigenvalue weighted by Crippen LogP contribution is -2.40. The number of aryl methyl sites for hydroxylation is 2. The number of carbonyl (C=O) groups is 1. The number of halogens is 1. The average Bonchev–Trinajstić information content (AvgIpc) is 2.41. The van der Waals surface area contributed by atoms with Gasteiger partial charge in [-0.3, -0.25) is 4.79 Å². The first-order valence-corrected chi connectivity index (χ1v) is 7.24. The summed E-state index contributed by atoms with van der Waals surface area (Å²) in [6.45, 7) is 7.33. The fourth-order valence-electron chi connectivity index (χ4n) is 2.74. The smallest absolute Gasteiger partial charge is 0.227 e. The van der Waals surface area contributed by atoms with E-state index in [2.05, 4.69) is 43.5 Å². The number of nitrogens with one attached hydrogen (secondary N) is 2. The zero-order valence-corrected chi connectivity index (χ0v) is 13.3. The molecule has 1 aromatic carbocycles. The number of anilines is 1. The summed E-state index contributed by atoms with van der Waals surface area (Å²) in [6.07, 6.45) is 2.86. The molecule has 0 unspecified atom stereocenters. The summed E-state index contributed by atoms with van der Waals surface area (Å²) < 4.78 is 0. The molecule has 0 saturated carbocycles. The quantitative estimate of drug-likeness (QED) is 0.898. The average molecular weight is 297 g/mol. The van der Waals surface area contributed by atoms with Gasteiger partial charge in [-0.2, -0.15) is 0 Å². The minimum Gasteiger partial charge on any atom is -0.326 e. The van der Waals surface area contributed by atoms with Gasteiger partial charge < -0.3 is 10.6 Å². The highest BCUT2D eigenvalue weighted by atomic mass is 35.5. The van der Waals surface area contributed by atoms with Crippen LogP contribution in [0.1, 0.15) is 37.8 Å². The van der Waals surface area contributed by atoms with E-state index in [1.165, 1.54) is 11.1 Å². The van der Waals surface area contributed by atoms with Crippen molar-refractivity contribution in [2.24, 2.45) is 5.92 Å². The Morgan fingerprint density at radius 1 is 1.45 bits per heavy atom. The van der Waals surface area contributed by atoms with Gasteiger partial charge in [0, 0.05) is 17.6 Å². The van der Waals surface area contributed by atoms with Gasteiger partial charge >= 0.3 is 0 Å². The summed E-state index contributed by atoms with van der Waals surface area (Å²) in [4.78, 5) is 12.3. The molecule has 4 heteroatoms.